The van der Waals surface area contributed by atoms with Gasteiger partial charge >= 0.3 is 0 Å². The molecular weight excluding hydrogens is 414 g/mol. The van der Waals surface area contributed by atoms with Gasteiger partial charge in [0.15, 0.2) is 5.78 Å². The molecule has 0 N–H and O–H groups in total. The van der Waals surface area contributed by atoms with E-state index in [1.54, 1.807) is 35.5 Å². The molecule has 0 unspecified atom stereocenters. The molecule has 6 rings (SSSR count). The Bertz CT molecular complexity index is 1290. The van der Waals surface area contributed by atoms with Gasteiger partial charge < -0.3 is 0 Å². The average Bonchev–Trinajstić information content (AvgIpc) is 3.33. The fourth-order valence-corrected chi connectivity index (χ4v) is 5.43. The number of likely N-dealkylation sites (tertiary alicyclic amines) is 1. The van der Waals surface area contributed by atoms with E-state index in [9.17, 15) is 14.4 Å². The fourth-order valence-electron chi connectivity index (χ4n) is 5.43. The maximum Gasteiger partial charge on any atom is 0.236 e. The summed E-state index contributed by atoms with van der Waals surface area (Å²) in [5.41, 5.74) is 3.22. The Morgan fingerprint density at radius 3 is 2.18 bits per heavy atom. The van der Waals surface area contributed by atoms with Crippen molar-refractivity contribution < 1.29 is 14.4 Å². The number of imide groups is 1. The molecule has 3 aromatic carbocycles. The first-order valence-electron chi connectivity index (χ1n) is 11.0. The lowest BCUT2D eigenvalue weighted by atomic mass is 9.83. The molecule has 0 bridgehead atoms. The summed E-state index contributed by atoms with van der Waals surface area (Å²) >= 11 is 0. The second kappa shape index (κ2) is 7.52. The van der Waals surface area contributed by atoms with Crippen molar-refractivity contribution in [2.45, 2.75) is 18.6 Å². The summed E-state index contributed by atoms with van der Waals surface area (Å²) < 4.78 is 0. The predicted molar refractivity (Wildman–Crippen MR) is 122 cm³/mol. The molecule has 3 aromatic rings. The Kier molecular flexibility index (Phi) is 4.47. The number of fused-ring (bicyclic) bond motifs is 5. The Morgan fingerprint density at radius 2 is 1.42 bits per heavy atom. The average molecular weight is 435 g/mol. The zero-order valence-electron chi connectivity index (χ0n) is 17.7. The minimum Gasteiger partial charge on any atom is -0.292 e. The summed E-state index contributed by atoms with van der Waals surface area (Å²) in [5.74, 6) is -2.16. The molecule has 2 saturated heterocycles. The van der Waals surface area contributed by atoms with Gasteiger partial charge in [-0.3, -0.25) is 24.3 Å². The molecule has 33 heavy (non-hydrogen) atoms. The van der Waals surface area contributed by atoms with Gasteiger partial charge in [-0.25, -0.2) is 0 Å². The van der Waals surface area contributed by atoms with Crippen LogP contribution in [0.5, 0.6) is 0 Å². The molecule has 0 spiro atoms. The van der Waals surface area contributed by atoms with E-state index in [0.29, 0.717) is 5.56 Å². The van der Waals surface area contributed by atoms with Crippen molar-refractivity contribution in [3.05, 3.63) is 107 Å². The largest absolute Gasteiger partial charge is 0.292 e. The molecule has 2 amide bonds. The number of carbonyl (C=O) groups excluding carboxylic acids is 3. The van der Waals surface area contributed by atoms with Crippen LogP contribution >= 0.6 is 0 Å². The third kappa shape index (κ3) is 2.94. The lowest BCUT2D eigenvalue weighted by molar-refractivity contribution is -0.142. The number of amides is 2. The van der Waals surface area contributed by atoms with Crippen LogP contribution in [0.4, 0.5) is 0 Å². The van der Waals surface area contributed by atoms with E-state index in [1.807, 2.05) is 60.7 Å². The van der Waals surface area contributed by atoms with Gasteiger partial charge in [0.05, 0.1) is 30.6 Å². The molecule has 0 radical (unpaired) electrons. The Morgan fingerprint density at radius 1 is 0.788 bits per heavy atom. The first-order chi connectivity index (χ1) is 16.1. The Labute approximate surface area is 191 Å². The van der Waals surface area contributed by atoms with Crippen LogP contribution < -0.4 is 0 Å². The molecule has 3 aliphatic heterocycles. The highest BCUT2D eigenvalue weighted by Gasteiger charge is 2.65. The molecule has 6 heteroatoms. The number of carbonyl (C=O) groups is 3. The minimum absolute atomic E-state index is 0.188. The third-order valence-corrected chi connectivity index (χ3v) is 6.89. The standard InChI is InChI=1S/C27H21N3O3/c31-25(18-11-5-2-6-12-18)24-22-21(23-20-14-8-7-13-19(20)15-28-30(23)24)26(32)29(27(22)33)16-17-9-3-1-4-10-17/h1-15,21-24H,16H2/t21-,22+,23+,24-/m1/s1. The van der Waals surface area contributed by atoms with Crippen LogP contribution in [-0.4, -0.2) is 39.8 Å². The number of rotatable bonds is 4. The first-order valence-corrected chi connectivity index (χ1v) is 11.0. The van der Waals surface area contributed by atoms with Crippen molar-refractivity contribution in [1.29, 1.82) is 0 Å². The molecule has 2 fully saturated rings. The Balaban J connectivity index is 1.45. The van der Waals surface area contributed by atoms with E-state index in [-0.39, 0.29) is 24.1 Å². The summed E-state index contributed by atoms with van der Waals surface area (Å²) in [6, 6.07) is 24.9. The number of hydrogen-bond acceptors (Lipinski definition) is 5. The van der Waals surface area contributed by atoms with E-state index < -0.39 is 23.9 Å². The molecule has 162 valence electrons. The maximum atomic E-state index is 13.7. The SMILES string of the molecule is O=C(c1ccccc1)[C@H]1[C@H]2C(=O)N(Cc3ccccc3)C(=O)[C@H]2[C@@H]2c3ccccc3C=NN12. The van der Waals surface area contributed by atoms with Crippen molar-refractivity contribution in [1.82, 2.24) is 9.91 Å². The van der Waals surface area contributed by atoms with Crippen molar-refractivity contribution in [2.75, 3.05) is 0 Å². The van der Waals surface area contributed by atoms with Crippen LogP contribution in [0, 0.1) is 11.8 Å². The van der Waals surface area contributed by atoms with Crippen LogP contribution in [0.1, 0.15) is 33.1 Å². The van der Waals surface area contributed by atoms with Crippen LogP contribution in [0.25, 0.3) is 0 Å². The van der Waals surface area contributed by atoms with E-state index in [0.717, 1.165) is 16.7 Å². The zero-order valence-corrected chi connectivity index (χ0v) is 17.7. The highest BCUT2D eigenvalue weighted by molar-refractivity contribution is 6.12. The van der Waals surface area contributed by atoms with E-state index in [4.69, 9.17) is 0 Å². The third-order valence-electron chi connectivity index (χ3n) is 6.89. The number of nitrogens with zero attached hydrogens (tertiary/aromatic N) is 3. The van der Waals surface area contributed by atoms with Gasteiger partial charge in [0.2, 0.25) is 11.8 Å². The van der Waals surface area contributed by atoms with E-state index in [1.165, 1.54) is 4.90 Å². The number of ketones is 1. The molecule has 3 heterocycles. The summed E-state index contributed by atoms with van der Waals surface area (Å²) in [6.07, 6.45) is 1.72. The molecule has 0 aromatic heterocycles. The molecule has 0 saturated carbocycles. The minimum atomic E-state index is -0.829. The van der Waals surface area contributed by atoms with Crippen molar-refractivity contribution >= 4 is 23.8 Å². The Hall–Kier alpha value is -4.06. The second-order valence-corrected chi connectivity index (χ2v) is 8.67. The molecule has 4 atom stereocenters. The van der Waals surface area contributed by atoms with Crippen molar-refractivity contribution in [3.63, 3.8) is 0 Å². The number of Topliss-reactive ketones (excluding diaryl/α,β-unsaturated/α-hetero) is 1. The summed E-state index contributed by atoms with van der Waals surface area (Å²) in [4.78, 5) is 42.4. The molecule has 6 nitrogen and oxygen atoms in total. The van der Waals surface area contributed by atoms with E-state index in [2.05, 4.69) is 5.10 Å². The fraction of sp³-hybridized carbons (Fsp3) is 0.185. The van der Waals surface area contributed by atoms with Gasteiger partial charge in [-0.1, -0.05) is 84.9 Å². The zero-order chi connectivity index (χ0) is 22.5. The summed E-state index contributed by atoms with van der Waals surface area (Å²) in [5, 5.41) is 6.28. The molecular formula is C27H21N3O3. The van der Waals surface area contributed by atoms with Gasteiger partial charge in [0, 0.05) is 5.56 Å². The number of hydrogen-bond donors (Lipinski definition) is 0. The van der Waals surface area contributed by atoms with Gasteiger partial charge in [0.25, 0.3) is 0 Å². The van der Waals surface area contributed by atoms with Gasteiger partial charge in [-0.15, -0.1) is 0 Å². The molecule has 0 aliphatic carbocycles. The van der Waals surface area contributed by atoms with Gasteiger partial charge in [-0.2, -0.15) is 5.10 Å². The summed E-state index contributed by atoms with van der Waals surface area (Å²) in [7, 11) is 0. The summed E-state index contributed by atoms with van der Waals surface area (Å²) in [6.45, 7) is 0.204. The van der Waals surface area contributed by atoms with Crippen molar-refractivity contribution in [2.24, 2.45) is 16.9 Å². The quantitative estimate of drug-likeness (QED) is 0.465. The van der Waals surface area contributed by atoms with Crippen molar-refractivity contribution in [3.8, 4) is 0 Å². The number of hydrazone groups is 1. The van der Waals surface area contributed by atoms with Gasteiger partial charge in [0.1, 0.15) is 6.04 Å². The second-order valence-electron chi connectivity index (χ2n) is 8.67. The number of benzene rings is 3. The normalized spacial score (nSPS) is 25.1. The highest BCUT2D eigenvalue weighted by Crippen LogP contribution is 2.52. The van der Waals surface area contributed by atoms with Crippen LogP contribution in [0.2, 0.25) is 0 Å². The monoisotopic (exact) mass is 435 g/mol. The highest BCUT2D eigenvalue weighted by atomic mass is 16.2. The first kappa shape index (κ1) is 19.6. The van der Waals surface area contributed by atoms with Crippen LogP contribution in [0.3, 0.4) is 0 Å². The maximum absolute atomic E-state index is 13.7. The van der Waals surface area contributed by atoms with Crippen LogP contribution in [0.15, 0.2) is 90.0 Å². The molecule has 3 aliphatic rings. The predicted octanol–water partition coefficient (Wildman–Crippen LogP) is 3.44. The smallest absolute Gasteiger partial charge is 0.236 e. The topological polar surface area (TPSA) is 70.0 Å². The lowest BCUT2D eigenvalue weighted by Gasteiger charge is -2.33. The lowest BCUT2D eigenvalue weighted by Crippen LogP contribution is -2.44. The van der Waals surface area contributed by atoms with E-state index >= 15 is 0 Å². The van der Waals surface area contributed by atoms with Gasteiger partial charge in [-0.05, 0) is 16.7 Å². The van der Waals surface area contributed by atoms with Crippen LogP contribution in [-0.2, 0) is 16.1 Å².